The zero-order valence-electron chi connectivity index (χ0n) is 16.7. The Morgan fingerprint density at radius 1 is 0.862 bits per heavy atom. The van der Waals surface area contributed by atoms with Gasteiger partial charge >= 0.3 is 5.63 Å². The molecule has 1 aromatic heterocycles. The van der Waals surface area contributed by atoms with E-state index in [4.69, 9.17) is 13.9 Å². The molecule has 0 atom stereocenters. The molecule has 0 N–H and O–H groups in total. The molecule has 0 fully saturated rings. The van der Waals surface area contributed by atoms with E-state index in [2.05, 4.69) is 31.2 Å². The van der Waals surface area contributed by atoms with Gasteiger partial charge in [-0.05, 0) is 60.9 Å². The van der Waals surface area contributed by atoms with Crippen molar-refractivity contribution in [2.24, 2.45) is 0 Å². The molecule has 0 aliphatic heterocycles. The molecule has 0 bridgehead atoms. The molecule has 0 aliphatic carbocycles. The fraction of sp³-hybridized carbons (Fsp3) is 0.160. The van der Waals surface area contributed by atoms with Gasteiger partial charge in [0, 0.05) is 5.39 Å². The first kappa shape index (κ1) is 18.8. The topological polar surface area (TPSA) is 48.7 Å². The summed E-state index contributed by atoms with van der Waals surface area (Å²) < 4.78 is 16.7. The quantitative estimate of drug-likeness (QED) is 0.415. The van der Waals surface area contributed by atoms with E-state index < -0.39 is 0 Å². The Labute approximate surface area is 169 Å². The molecule has 0 spiro atoms. The lowest BCUT2D eigenvalue weighted by molar-refractivity contribution is 0.306. The summed E-state index contributed by atoms with van der Waals surface area (Å²) >= 11 is 0. The Bertz CT molecular complexity index is 1200. The number of hydrogen-bond acceptors (Lipinski definition) is 4. The fourth-order valence-electron chi connectivity index (χ4n) is 3.36. The van der Waals surface area contributed by atoms with Crippen LogP contribution in [-0.4, -0.2) is 7.11 Å². The highest BCUT2D eigenvalue weighted by Gasteiger charge is 2.14. The van der Waals surface area contributed by atoms with E-state index in [0.717, 1.165) is 33.6 Å². The number of methoxy groups -OCH3 is 1. The Kier molecular flexibility index (Phi) is 5.09. The SMILES string of the molecule is COc1ccc(-c2c(C)c3cc(OCc4ccc(C)cc4)ccc3oc2=O)cc1. The third-order valence-electron chi connectivity index (χ3n) is 5.04. The minimum absolute atomic E-state index is 0.353. The Balaban J connectivity index is 1.69. The molecule has 0 unspecified atom stereocenters. The van der Waals surface area contributed by atoms with Gasteiger partial charge in [-0.1, -0.05) is 42.0 Å². The molecular weight excluding hydrogens is 364 g/mol. The van der Waals surface area contributed by atoms with Crippen LogP contribution < -0.4 is 15.1 Å². The van der Waals surface area contributed by atoms with Gasteiger partial charge in [-0.15, -0.1) is 0 Å². The molecule has 146 valence electrons. The number of ether oxygens (including phenoxy) is 2. The van der Waals surface area contributed by atoms with E-state index in [-0.39, 0.29) is 5.63 Å². The number of aryl methyl sites for hydroxylation is 2. The smallest absolute Gasteiger partial charge is 0.344 e. The van der Waals surface area contributed by atoms with Gasteiger partial charge in [0.1, 0.15) is 23.7 Å². The van der Waals surface area contributed by atoms with Crippen molar-refractivity contribution >= 4 is 11.0 Å². The lowest BCUT2D eigenvalue weighted by Crippen LogP contribution is -2.06. The highest BCUT2D eigenvalue weighted by molar-refractivity contribution is 5.87. The molecule has 4 rings (SSSR count). The maximum Gasteiger partial charge on any atom is 0.344 e. The van der Waals surface area contributed by atoms with Crippen molar-refractivity contribution in [3.8, 4) is 22.6 Å². The van der Waals surface area contributed by atoms with Gasteiger partial charge in [-0.25, -0.2) is 4.79 Å². The number of fused-ring (bicyclic) bond motifs is 1. The summed E-state index contributed by atoms with van der Waals surface area (Å²) in [6, 6.07) is 21.2. The lowest BCUT2D eigenvalue weighted by atomic mass is 9.99. The summed E-state index contributed by atoms with van der Waals surface area (Å²) in [6.07, 6.45) is 0. The zero-order valence-corrected chi connectivity index (χ0v) is 16.7. The predicted molar refractivity (Wildman–Crippen MR) is 115 cm³/mol. The molecule has 0 saturated carbocycles. The number of hydrogen-bond donors (Lipinski definition) is 0. The van der Waals surface area contributed by atoms with Crippen LogP contribution in [0.3, 0.4) is 0 Å². The summed E-state index contributed by atoms with van der Waals surface area (Å²) in [7, 11) is 1.61. The molecule has 3 aromatic carbocycles. The molecule has 0 amide bonds. The summed E-state index contributed by atoms with van der Waals surface area (Å²) in [5, 5.41) is 0.858. The maximum atomic E-state index is 12.6. The largest absolute Gasteiger partial charge is 0.497 e. The predicted octanol–water partition coefficient (Wildman–Crippen LogP) is 5.66. The summed E-state index contributed by atoms with van der Waals surface area (Å²) in [5.74, 6) is 1.47. The van der Waals surface area contributed by atoms with Gasteiger partial charge in [0.15, 0.2) is 0 Å². The van der Waals surface area contributed by atoms with Crippen LogP contribution in [0.1, 0.15) is 16.7 Å². The Hall–Kier alpha value is -3.53. The second-order valence-electron chi connectivity index (χ2n) is 7.05. The van der Waals surface area contributed by atoms with Crippen LogP contribution in [-0.2, 0) is 6.61 Å². The number of rotatable bonds is 5. The minimum Gasteiger partial charge on any atom is -0.497 e. The van der Waals surface area contributed by atoms with Crippen LogP contribution in [0, 0.1) is 13.8 Å². The van der Waals surface area contributed by atoms with E-state index in [1.807, 2.05) is 43.3 Å². The third-order valence-corrected chi connectivity index (χ3v) is 5.04. The van der Waals surface area contributed by atoms with Crippen LogP contribution in [0.2, 0.25) is 0 Å². The monoisotopic (exact) mass is 386 g/mol. The Morgan fingerprint density at radius 2 is 1.55 bits per heavy atom. The molecule has 0 saturated heterocycles. The first-order valence-electron chi connectivity index (χ1n) is 9.45. The van der Waals surface area contributed by atoms with Crippen molar-refractivity contribution in [3.63, 3.8) is 0 Å². The molecule has 4 heteroatoms. The van der Waals surface area contributed by atoms with E-state index in [1.54, 1.807) is 13.2 Å². The van der Waals surface area contributed by atoms with Gasteiger partial charge in [0.25, 0.3) is 0 Å². The fourth-order valence-corrected chi connectivity index (χ4v) is 3.36. The average Bonchev–Trinajstić information content (AvgIpc) is 2.74. The Morgan fingerprint density at radius 3 is 2.24 bits per heavy atom. The summed E-state index contributed by atoms with van der Waals surface area (Å²) in [6.45, 7) is 4.47. The second-order valence-corrected chi connectivity index (χ2v) is 7.05. The van der Waals surface area contributed by atoms with Crippen LogP contribution in [0.25, 0.3) is 22.1 Å². The molecule has 4 nitrogen and oxygen atoms in total. The highest BCUT2D eigenvalue weighted by atomic mass is 16.5. The molecular formula is C25H22O4. The van der Waals surface area contributed by atoms with Gasteiger partial charge in [0.05, 0.1) is 12.7 Å². The van der Waals surface area contributed by atoms with Gasteiger partial charge < -0.3 is 13.9 Å². The first-order chi connectivity index (χ1) is 14.0. The van der Waals surface area contributed by atoms with Gasteiger partial charge in [-0.2, -0.15) is 0 Å². The van der Waals surface area contributed by atoms with Crippen molar-refractivity contribution in [1.82, 2.24) is 0 Å². The molecule has 0 radical (unpaired) electrons. The van der Waals surface area contributed by atoms with Crippen molar-refractivity contribution in [2.45, 2.75) is 20.5 Å². The average molecular weight is 386 g/mol. The van der Waals surface area contributed by atoms with Crippen LogP contribution in [0.15, 0.2) is 75.9 Å². The summed E-state index contributed by atoms with van der Waals surface area (Å²) in [5.41, 5.74) is 4.73. The van der Waals surface area contributed by atoms with Crippen molar-refractivity contribution in [2.75, 3.05) is 7.11 Å². The minimum atomic E-state index is -0.353. The van der Waals surface area contributed by atoms with Crippen LogP contribution >= 0.6 is 0 Å². The normalized spacial score (nSPS) is 10.9. The van der Waals surface area contributed by atoms with E-state index in [9.17, 15) is 4.79 Å². The van der Waals surface area contributed by atoms with Crippen molar-refractivity contribution < 1.29 is 13.9 Å². The molecule has 29 heavy (non-hydrogen) atoms. The molecule has 0 aliphatic rings. The van der Waals surface area contributed by atoms with Crippen LogP contribution in [0.5, 0.6) is 11.5 Å². The van der Waals surface area contributed by atoms with Crippen molar-refractivity contribution in [3.05, 3.63) is 93.8 Å². The van der Waals surface area contributed by atoms with E-state index in [0.29, 0.717) is 17.8 Å². The second kappa shape index (κ2) is 7.84. The lowest BCUT2D eigenvalue weighted by Gasteiger charge is -2.11. The molecule has 1 heterocycles. The maximum absolute atomic E-state index is 12.6. The van der Waals surface area contributed by atoms with Gasteiger partial charge in [-0.3, -0.25) is 0 Å². The van der Waals surface area contributed by atoms with E-state index in [1.165, 1.54) is 5.56 Å². The van der Waals surface area contributed by atoms with Crippen LogP contribution in [0.4, 0.5) is 0 Å². The standard InChI is InChI=1S/C25H22O4/c1-16-4-6-18(7-5-16)15-28-21-12-13-23-22(14-21)17(2)24(25(26)29-23)19-8-10-20(27-3)11-9-19/h4-14H,15H2,1-3H3. The highest BCUT2D eigenvalue weighted by Crippen LogP contribution is 2.30. The number of benzene rings is 3. The van der Waals surface area contributed by atoms with E-state index >= 15 is 0 Å². The zero-order chi connectivity index (χ0) is 20.4. The van der Waals surface area contributed by atoms with Gasteiger partial charge in [0.2, 0.25) is 0 Å². The van der Waals surface area contributed by atoms with Crippen molar-refractivity contribution in [1.29, 1.82) is 0 Å². The third kappa shape index (κ3) is 3.87. The summed E-state index contributed by atoms with van der Waals surface area (Å²) in [4.78, 5) is 12.6. The molecule has 4 aromatic rings. The first-order valence-corrected chi connectivity index (χ1v) is 9.45.